The molecule has 0 bridgehead atoms. The number of amides is 1. The molecule has 2 aromatic rings. The van der Waals surface area contributed by atoms with Crippen LogP contribution in [0.25, 0.3) is 0 Å². The summed E-state index contributed by atoms with van der Waals surface area (Å²) >= 11 is 0. The summed E-state index contributed by atoms with van der Waals surface area (Å²) in [7, 11) is 1.13. The minimum Gasteiger partial charge on any atom is -0.493 e. The number of rotatable bonds is 7. The number of nitrogens with one attached hydrogen (secondary N) is 1. The highest BCUT2D eigenvalue weighted by molar-refractivity contribution is 7.92. The van der Waals surface area contributed by atoms with Crippen molar-refractivity contribution in [3.8, 4) is 11.5 Å². The summed E-state index contributed by atoms with van der Waals surface area (Å²) in [4.78, 5) is 12.2. The Labute approximate surface area is 158 Å². The second kappa shape index (κ2) is 8.54. The van der Waals surface area contributed by atoms with Crippen LogP contribution in [0.5, 0.6) is 11.5 Å². The third kappa shape index (κ3) is 4.98. The summed E-state index contributed by atoms with van der Waals surface area (Å²) in [6.45, 7) is 0. The SMILES string of the molecule is COc1cccc(/C=N\NC(=O)c2ccc(N(C)S(C)(=O)=O)cc2)c1OC. The third-order valence-corrected chi connectivity index (χ3v) is 5.00. The first-order valence-electron chi connectivity index (χ1n) is 7.86. The lowest BCUT2D eigenvalue weighted by Crippen LogP contribution is -2.25. The Bertz CT molecular complexity index is 940. The summed E-state index contributed by atoms with van der Waals surface area (Å²) in [6.07, 6.45) is 2.56. The van der Waals surface area contributed by atoms with Crippen LogP contribution in [0.1, 0.15) is 15.9 Å². The summed E-state index contributed by atoms with van der Waals surface area (Å²) in [5.41, 5.74) is 3.86. The number of benzene rings is 2. The second-order valence-electron chi connectivity index (χ2n) is 5.56. The van der Waals surface area contributed by atoms with Gasteiger partial charge in [0, 0.05) is 18.2 Å². The maximum atomic E-state index is 12.2. The Morgan fingerprint density at radius 1 is 1.11 bits per heavy atom. The molecule has 0 aliphatic heterocycles. The quantitative estimate of drug-likeness (QED) is 0.574. The van der Waals surface area contributed by atoms with Crippen molar-refractivity contribution in [1.29, 1.82) is 0 Å². The molecular weight excluding hydrogens is 370 g/mol. The Balaban J connectivity index is 2.09. The van der Waals surface area contributed by atoms with Crippen LogP contribution in [0.15, 0.2) is 47.6 Å². The van der Waals surface area contributed by atoms with Gasteiger partial charge >= 0.3 is 0 Å². The summed E-state index contributed by atoms with van der Waals surface area (Å²) in [5, 5.41) is 3.93. The molecule has 0 radical (unpaired) electrons. The molecule has 0 aliphatic rings. The zero-order chi connectivity index (χ0) is 20.0. The first kappa shape index (κ1) is 20.2. The van der Waals surface area contributed by atoms with E-state index in [4.69, 9.17) is 9.47 Å². The molecule has 0 fully saturated rings. The van der Waals surface area contributed by atoms with Gasteiger partial charge in [0.15, 0.2) is 11.5 Å². The van der Waals surface area contributed by atoms with E-state index >= 15 is 0 Å². The monoisotopic (exact) mass is 391 g/mol. The van der Waals surface area contributed by atoms with Crippen molar-refractivity contribution in [2.45, 2.75) is 0 Å². The van der Waals surface area contributed by atoms with E-state index in [0.29, 0.717) is 28.3 Å². The predicted octanol–water partition coefficient (Wildman–Crippen LogP) is 1.86. The standard InChI is InChI=1S/C18H21N3O5S/c1-21(27(4,23)24)15-10-8-13(9-11-15)18(22)20-19-12-14-6-5-7-16(25-2)17(14)26-3/h5-12H,1-4H3,(H,20,22)/b19-12-. The fraction of sp³-hybridized carbons (Fsp3) is 0.222. The van der Waals surface area contributed by atoms with Gasteiger partial charge in [-0.05, 0) is 36.4 Å². The number of hydrogen-bond donors (Lipinski definition) is 1. The fourth-order valence-electron chi connectivity index (χ4n) is 2.25. The van der Waals surface area contributed by atoms with Crippen molar-refractivity contribution < 1.29 is 22.7 Å². The van der Waals surface area contributed by atoms with Gasteiger partial charge in [-0.2, -0.15) is 5.10 Å². The molecule has 0 unspecified atom stereocenters. The van der Waals surface area contributed by atoms with Gasteiger partial charge in [-0.3, -0.25) is 9.10 Å². The number of para-hydroxylation sites is 1. The van der Waals surface area contributed by atoms with Gasteiger partial charge in [0.1, 0.15) is 0 Å². The van der Waals surface area contributed by atoms with E-state index in [0.717, 1.165) is 10.6 Å². The molecule has 0 spiro atoms. The molecule has 144 valence electrons. The first-order valence-corrected chi connectivity index (χ1v) is 9.71. The molecule has 9 heteroatoms. The molecule has 0 atom stereocenters. The zero-order valence-electron chi connectivity index (χ0n) is 15.5. The van der Waals surface area contributed by atoms with E-state index < -0.39 is 15.9 Å². The van der Waals surface area contributed by atoms with E-state index in [9.17, 15) is 13.2 Å². The third-order valence-electron chi connectivity index (χ3n) is 3.79. The molecule has 8 nitrogen and oxygen atoms in total. The van der Waals surface area contributed by atoms with Crippen LogP contribution in [0.2, 0.25) is 0 Å². The fourth-order valence-corrected chi connectivity index (χ4v) is 2.76. The Kier molecular flexibility index (Phi) is 6.40. The molecule has 27 heavy (non-hydrogen) atoms. The largest absolute Gasteiger partial charge is 0.493 e. The van der Waals surface area contributed by atoms with E-state index in [-0.39, 0.29) is 0 Å². The topological polar surface area (TPSA) is 97.3 Å². The Morgan fingerprint density at radius 3 is 2.33 bits per heavy atom. The van der Waals surface area contributed by atoms with Crippen molar-refractivity contribution in [1.82, 2.24) is 5.43 Å². The summed E-state index contributed by atoms with van der Waals surface area (Å²) in [6, 6.07) is 11.4. The van der Waals surface area contributed by atoms with Crippen LogP contribution in [-0.2, 0) is 10.0 Å². The lowest BCUT2D eigenvalue weighted by atomic mass is 10.2. The number of methoxy groups -OCH3 is 2. The number of hydrazone groups is 1. The van der Waals surface area contributed by atoms with E-state index in [2.05, 4.69) is 10.5 Å². The van der Waals surface area contributed by atoms with Crippen LogP contribution >= 0.6 is 0 Å². The average Bonchev–Trinajstić information content (AvgIpc) is 2.66. The predicted molar refractivity (Wildman–Crippen MR) is 104 cm³/mol. The maximum absolute atomic E-state index is 12.2. The Hall–Kier alpha value is -3.07. The summed E-state index contributed by atoms with van der Waals surface area (Å²) in [5.74, 6) is 0.631. The highest BCUT2D eigenvalue weighted by Crippen LogP contribution is 2.29. The molecule has 0 saturated heterocycles. The molecule has 0 aliphatic carbocycles. The number of hydrogen-bond acceptors (Lipinski definition) is 6. The van der Waals surface area contributed by atoms with Gasteiger partial charge in [-0.15, -0.1) is 0 Å². The van der Waals surface area contributed by atoms with Crippen LogP contribution in [0.3, 0.4) is 0 Å². The molecule has 1 amide bonds. The number of ether oxygens (including phenoxy) is 2. The van der Waals surface area contributed by atoms with Crippen molar-refractivity contribution in [2.75, 3.05) is 31.8 Å². The Morgan fingerprint density at radius 2 is 1.78 bits per heavy atom. The van der Waals surface area contributed by atoms with Crippen LogP contribution < -0.4 is 19.2 Å². The molecule has 2 rings (SSSR count). The highest BCUT2D eigenvalue weighted by Gasteiger charge is 2.13. The van der Waals surface area contributed by atoms with Crippen LogP contribution in [-0.4, -0.2) is 48.1 Å². The number of anilines is 1. The lowest BCUT2D eigenvalue weighted by Gasteiger charge is -2.16. The van der Waals surface area contributed by atoms with Gasteiger partial charge in [0.05, 0.1) is 32.4 Å². The molecule has 0 saturated carbocycles. The minimum absolute atomic E-state index is 0.343. The van der Waals surface area contributed by atoms with E-state index in [1.807, 2.05) is 0 Å². The molecule has 2 aromatic carbocycles. The van der Waals surface area contributed by atoms with Crippen molar-refractivity contribution in [2.24, 2.45) is 5.10 Å². The van der Waals surface area contributed by atoms with Gasteiger partial charge in [0.25, 0.3) is 5.91 Å². The van der Waals surface area contributed by atoms with Crippen molar-refractivity contribution in [3.05, 3.63) is 53.6 Å². The number of carbonyl (C=O) groups is 1. The lowest BCUT2D eigenvalue weighted by molar-refractivity contribution is 0.0955. The normalized spacial score (nSPS) is 11.3. The van der Waals surface area contributed by atoms with E-state index in [1.54, 1.807) is 30.3 Å². The highest BCUT2D eigenvalue weighted by atomic mass is 32.2. The van der Waals surface area contributed by atoms with Gasteiger partial charge in [-0.1, -0.05) is 6.07 Å². The van der Waals surface area contributed by atoms with Crippen molar-refractivity contribution >= 4 is 27.8 Å². The van der Waals surface area contributed by atoms with Crippen molar-refractivity contribution in [3.63, 3.8) is 0 Å². The number of carbonyl (C=O) groups excluding carboxylic acids is 1. The van der Waals surface area contributed by atoms with Crippen LogP contribution in [0, 0.1) is 0 Å². The average molecular weight is 391 g/mol. The zero-order valence-corrected chi connectivity index (χ0v) is 16.3. The van der Waals surface area contributed by atoms with Gasteiger partial charge < -0.3 is 9.47 Å². The van der Waals surface area contributed by atoms with Crippen LogP contribution in [0.4, 0.5) is 5.69 Å². The number of nitrogens with zero attached hydrogens (tertiary/aromatic N) is 2. The molecule has 0 aromatic heterocycles. The number of sulfonamides is 1. The second-order valence-corrected chi connectivity index (χ2v) is 7.57. The van der Waals surface area contributed by atoms with E-state index in [1.165, 1.54) is 39.6 Å². The maximum Gasteiger partial charge on any atom is 0.271 e. The first-order chi connectivity index (χ1) is 12.8. The molecular formula is C18H21N3O5S. The van der Waals surface area contributed by atoms with Gasteiger partial charge in [-0.25, -0.2) is 13.8 Å². The summed E-state index contributed by atoms with van der Waals surface area (Å²) < 4.78 is 34.7. The molecule has 0 heterocycles. The van der Waals surface area contributed by atoms with Gasteiger partial charge in [0.2, 0.25) is 10.0 Å². The smallest absolute Gasteiger partial charge is 0.271 e. The minimum atomic E-state index is -3.36. The molecule has 1 N–H and O–H groups in total.